The van der Waals surface area contributed by atoms with Gasteiger partial charge in [0.05, 0.1) is 24.9 Å². The van der Waals surface area contributed by atoms with Gasteiger partial charge in [-0.15, -0.1) is 0 Å². The molecule has 1 aromatic carbocycles. The van der Waals surface area contributed by atoms with Crippen molar-refractivity contribution in [3.05, 3.63) is 53.9 Å². The molecule has 5 nitrogen and oxygen atoms in total. The second kappa shape index (κ2) is 8.24. The smallest absolute Gasteiger partial charge is 0.315 e. The highest BCUT2D eigenvalue weighted by Crippen LogP contribution is 2.33. The highest BCUT2D eigenvalue weighted by atomic mass is 19.3. The van der Waals surface area contributed by atoms with Crippen molar-refractivity contribution in [2.45, 2.75) is 24.2 Å². The first-order valence-electron chi connectivity index (χ1n) is 8.50. The van der Waals surface area contributed by atoms with E-state index in [-0.39, 0.29) is 24.5 Å². The molecule has 28 heavy (non-hydrogen) atoms. The summed E-state index contributed by atoms with van der Waals surface area (Å²) in [7, 11) is 0. The number of carbonyl (C=O) groups is 1. The number of carbonyl (C=O) groups excluding carboxylic acids is 1. The maximum Gasteiger partial charge on any atom is 0.315 e. The SMILES string of the molecule is O=C(NC(CF)C(O)c1ccc(-c2ccc(C3(F)COC3)nc2)cc1)C(F)F. The van der Waals surface area contributed by atoms with Gasteiger partial charge in [0, 0.05) is 11.8 Å². The standard InChI is InChI=1S/C19H18F4N2O3/c20-7-14(25-18(27)17(21)22)16(26)12-3-1-11(2-4-12)13-5-6-15(24-8-13)19(23)9-28-10-19/h1-6,8,14,16-17,26H,7,9-10H2,(H,25,27). The third kappa shape index (κ3) is 4.15. The van der Waals surface area contributed by atoms with Gasteiger partial charge in [0.15, 0.2) is 5.67 Å². The highest BCUT2D eigenvalue weighted by Gasteiger charge is 2.42. The van der Waals surface area contributed by atoms with E-state index in [1.165, 1.54) is 18.3 Å². The van der Waals surface area contributed by atoms with Gasteiger partial charge in [-0.2, -0.15) is 8.78 Å². The number of hydrogen-bond acceptors (Lipinski definition) is 4. The van der Waals surface area contributed by atoms with E-state index in [2.05, 4.69) is 4.98 Å². The van der Waals surface area contributed by atoms with E-state index >= 15 is 0 Å². The number of rotatable bonds is 7. The van der Waals surface area contributed by atoms with Gasteiger partial charge in [0.1, 0.15) is 12.8 Å². The van der Waals surface area contributed by atoms with E-state index in [1.54, 1.807) is 29.6 Å². The molecule has 0 spiro atoms. The van der Waals surface area contributed by atoms with E-state index in [9.17, 15) is 27.5 Å². The van der Waals surface area contributed by atoms with Crippen molar-refractivity contribution >= 4 is 5.91 Å². The Morgan fingerprint density at radius 1 is 1.18 bits per heavy atom. The van der Waals surface area contributed by atoms with Gasteiger partial charge in [0.2, 0.25) is 0 Å². The molecule has 2 atom stereocenters. The van der Waals surface area contributed by atoms with Gasteiger partial charge < -0.3 is 15.2 Å². The summed E-state index contributed by atoms with van der Waals surface area (Å²) in [6, 6.07) is 8.00. The highest BCUT2D eigenvalue weighted by molar-refractivity contribution is 5.79. The summed E-state index contributed by atoms with van der Waals surface area (Å²) in [6.07, 6.45) is -3.28. The maximum atomic E-state index is 14.2. The monoisotopic (exact) mass is 398 g/mol. The predicted molar refractivity (Wildman–Crippen MR) is 92.1 cm³/mol. The van der Waals surface area contributed by atoms with Crippen molar-refractivity contribution in [2.75, 3.05) is 19.9 Å². The molecular weight excluding hydrogens is 380 g/mol. The van der Waals surface area contributed by atoms with Gasteiger partial charge >= 0.3 is 6.43 Å². The molecule has 1 amide bonds. The fourth-order valence-corrected chi connectivity index (χ4v) is 2.81. The molecule has 3 rings (SSSR count). The molecule has 2 unspecified atom stereocenters. The molecular formula is C19H18F4N2O3. The largest absolute Gasteiger partial charge is 0.386 e. The van der Waals surface area contributed by atoms with Gasteiger partial charge in [-0.05, 0) is 17.2 Å². The normalized spacial score (nSPS) is 17.6. The third-order valence-corrected chi connectivity index (χ3v) is 4.54. The first-order chi connectivity index (χ1) is 13.3. The molecule has 2 N–H and O–H groups in total. The number of nitrogens with zero attached hydrogens (tertiary/aromatic N) is 1. The quantitative estimate of drug-likeness (QED) is 0.704. The fourth-order valence-electron chi connectivity index (χ4n) is 2.81. The zero-order valence-electron chi connectivity index (χ0n) is 14.6. The summed E-state index contributed by atoms with van der Waals surface area (Å²) in [6.45, 7) is -1.25. The van der Waals surface area contributed by atoms with Crippen LogP contribution in [0.3, 0.4) is 0 Å². The van der Waals surface area contributed by atoms with Crippen molar-refractivity contribution in [1.29, 1.82) is 0 Å². The van der Waals surface area contributed by atoms with E-state index in [4.69, 9.17) is 4.74 Å². The zero-order valence-corrected chi connectivity index (χ0v) is 14.6. The Kier molecular flexibility index (Phi) is 5.95. The van der Waals surface area contributed by atoms with E-state index in [0.717, 1.165) is 0 Å². The first kappa shape index (κ1) is 20.2. The lowest BCUT2D eigenvalue weighted by atomic mass is 9.97. The Bertz CT molecular complexity index is 811. The lowest BCUT2D eigenvalue weighted by Crippen LogP contribution is -2.43. The minimum atomic E-state index is -3.30. The Morgan fingerprint density at radius 3 is 2.29 bits per heavy atom. The van der Waals surface area contributed by atoms with E-state index in [0.29, 0.717) is 11.1 Å². The number of aliphatic hydroxyl groups excluding tert-OH is 1. The molecule has 2 aromatic rings. The Morgan fingerprint density at radius 2 is 1.82 bits per heavy atom. The summed E-state index contributed by atoms with van der Waals surface area (Å²) < 4.78 is 56.8. The summed E-state index contributed by atoms with van der Waals surface area (Å²) in [5, 5.41) is 11.9. The van der Waals surface area contributed by atoms with Gasteiger partial charge in [-0.1, -0.05) is 30.3 Å². The van der Waals surface area contributed by atoms with Crippen LogP contribution in [0.4, 0.5) is 17.6 Å². The molecule has 0 saturated carbocycles. The minimum Gasteiger partial charge on any atom is -0.386 e. The number of aliphatic hydroxyl groups is 1. The van der Waals surface area contributed by atoms with Crippen molar-refractivity contribution in [2.24, 2.45) is 0 Å². The summed E-state index contributed by atoms with van der Waals surface area (Å²) in [5.74, 6) is -1.65. The van der Waals surface area contributed by atoms with Crippen molar-refractivity contribution < 1.29 is 32.2 Å². The van der Waals surface area contributed by atoms with Crippen LogP contribution in [-0.2, 0) is 15.2 Å². The number of halogens is 4. The molecule has 0 bridgehead atoms. The van der Waals surface area contributed by atoms with Crippen molar-refractivity contribution in [1.82, 2.24) is 10.3 Å². The van der Waals surface area contributed by atoms with Crippen LogP contribution >= 0.6 is 0 Å². The summed E-state index contributed by atoms with van der Waals surface area (Å²) in [4.78, 5) is 15.2. The number of hydrogen-bond donors (Lipinski definition) is 2. The van der Waals surface area contributed by atoms with Gasteiger partial charge in [-0.3, -0.25) is 9.78 Å². The number of amides is 1. The molecule has 1 aromatic heterocycles. The van der Waals surface area contributed by atoms with Crippen LogP contribution in [0.15, 0.2) is 42.6 Å². The van der Waals surface area contributed by atoms with Crippen LogP contribution in [-0.4, -0.2) is 48.4 Å². The number of nitrogens with one attached hydrogen (secondary N) is 1. The molecule has 2 heterocycles. The lowest BCUT2D eigenvalue weighted by Gasteiger charge is -2.32. The number of benzene rings is 1. The molecule has 9 heteroatoms. The molecule has 0 radical (unpaired) electrons. The average molecular weight is 398 g/mol. The number of ether oxygens (including phenoxy) is 1. The fraction of sp³-hybridized carbons (Fsp3) is 0.368. The van der Waals surface area contributed by atoms with Crippen LogP contribution in [0, 0.1) is 0 Å². The van der Waals surface area contributed by atoms with Crippen LogP contribution in [0.5, 0.6) is 0 Å². The Balaban J connectivity index is 1.71. The molecule has 1 saturated heterocycles. The minimum absolute atomic E-state index is 0.0240. The number of pyridine rings is 1. The summed E-state index contributed by atoms with van der Waals surface area (Å²) in [5.41, 5.74) is 0.383. The lowest BCUT2D eigenvalue weighted by molar-refractivity contribution is -0.137. The topological polar surface area (TPSA) is 71.5 Å². The van der Waals surface area contributed by atoms with Crippen LogP contribution in [0.1, 0.15) is 17.4 Å². The second-order valence-electron chi connectivity index (χ2n) is 6.53. The van der Waals surface area contributed by atoms with Crippen molar-refractivity contribution in [3.63, 3.8) is 0 Å². The molecule has 0 aliphatic carbocycles. The number of aromatic nitrogens is 1. The predicted octanol–water partition coefficient (Wildman–Crippen LogP) is 2.70. The maximum absolute atomic E-state index is 14.2. The number of alkyl halides is 4. The van der Waals surface area contributed by atoms with Crippen molar-refractivity contribution in [3.8, 4) is 11.1 Å². The molecule has 1 aliphatic heterocycles. The van der Waals surface area contributed by atoms with Crippen LogP contribution in [0.25, 0.3) is 11.1 Å². The third-order valence-electron chi connectivity index (χ3n) is 4.54. The second-order valence-corrected chi connectivity index (χ2v) is 6.53. The van der Waals surface area contributed by atoms with Gasteiger partial charge in [-0.25, -0.2) is 8.78 Å². The Labute approximate surface area is 158 Å². The van der Waals surface area contributed by atoms with Crippen LogP contribution < -0.4 is 5.32 Å². The zero-order chi connectivity index (χ0) is 20.3. The summed E-state index contributed by atoms with van der Waals surface area (Å²) >= 11 is 0. The average Bonchev–Trinajstić information content (AvgIpc) is 2.69. The Hall–Kier alpha value is -2.52. The van der Waals surface area contributed by atoms with Crippen LogP contribution in [0.2, 0.25) is 0 Å². The van der Waals surface area contributed by atoms with Gasteiger partial charge in [0.25, 0.3) is 5.91 Å². The molecule has 1 aliphatic rings. The van der Waals surface area contributed by atoms with E-state index < -0.39 is 36.8 Å². The van der Waals surface area contributed by atoms with E-state index in [1.807, 2.05) is 0 Å². The molecule has 150 valence electrons. The first-order valence-corrected chi connectivity index (χ1v) is 8.50. The molecule has 1 fully saturated rings.